The maximum Gasteiger partial charge on any atom is 0.336 e. The van der Waals surface area contributed by atoms with Crippen LogP contribution in [0.1, 0.15) is 33.2 Å². The van der Waals surface area contributed by atoms with Crippen LogP contribution in [0.15, 0.2) is 66.7 Å². The first-order valence-electron chi connectivity index (χ1n) is 7.41. The predicted molar refractivity (Wildman–Crippen MR) is 89.4 cm³/mol. The number of fused-ring (bicyclic) bond motifs is 2. The van der Waals surface area contributed by atoms with Crippen LogP contribution in [0.25, 0.3) is 16.3 Å². The molecule has 1 aliphatic carbocycles. The monoisotopic (exact) mass is 302 g/mol. The Labute approximate surface area is 133 Å². The Balaban J connectivity index is 2.03. The van der Waals surface area contributed by atoms with E-state index in [1.807, 2.05) is 60.7 Å². The summed E-state index contributed by atoms with van der Waals surface area (Å²) in [4.78, 5) is 11.9. The fourth-order valence-corrected chi connectivity index (χ4v) is 3.30. The molecular weight excluding hydrogens is 288 g/mol. The minimum absolute atomic E-state index is 0.276. The van der Waals surface area contributed by atoms with Gasteiger partial charge in [0.1, 0.15) is 0 Å². The Kier molecular flexibility index (Phi) is 3.03. The summed E-state index contributed by atoms with van der Waals surface area (Å²) >= 11 is 0. The summed E-state index contributed by atoms with van der Waals surface area (Å²) in [5.74, 6) is -0.962. The summed E-state index contributed by atoms with van der Waals surface area (Å²) in [6, 6.07) is 18.7. The first-order valence-corrected chi connectivity index (χ1v) is 7.41. The molecule has 0 saturated carbocycles. The van der Waals surface area contributed by atoms with Crippen LogP contribution in [0.3, 0.4) is 0 Å². The summed E-state index contributed by atoms with van der Waals surface area (Å²) in [7, 11) is 0. The number of carbonyl (C=O) groups is 1. The summed E-state index contributed by atoms with van der Waals surface area (Å²) in [6.07, 6.45) is 1.02. The van der Waals surface area contributed by atoms with Crippen molar-refractivity contribution in [3.63, 3.8) is 0 Å². The van der Waals surface area contributed by atoms with E-state index in [1.165, 1.54) is 0 Å². The van der Waals surface area contributed by atoms with E-state index in [-0.39, 0.29) is 5.56 Å². The third kappa shape index (κ3) is 2.05. The molecule has 2 N–H and O–H groups in total. The number of aliphatic hydroxyl groups excluding tert-OH is 1. The highest BCUT2D eigenvalue weighted by molar-refractivity contribution is 6.09. The fraction of sp³-hybridized carbons (Fsp3) is 0.0500. The van der Waals surface area contributed by atoms with Gasteiger partial charge in [-0.2, -0.15) is 0 Å². The Hall–Kier alpha value is -2.91. The van der Waals surface area contributed by atoms with Crippen molar-refractivity contribution in [3.8, 4) is 0 Å². The van der Waals surface area contributed by atoms with Crippen LogP contribution in [-0.2, 0) is 0 Å². The highest BCUT2D eigenvalue weighted by atomic mass is 16.4. The van der Waals surface area contributed by atoms with Crippen LogP contribution in [0, 0.1) is 0 Å². The van der Waals surface area contributed by atoms with E-state index in [9.17, 15) is 15.0 Å². The third-order valence-electron chi connectivity index (χ3n) is 4.33. The van der Waals surface area contributed by atoms with Crippen LogP contribution >= 0.6 is 0 Å². The normalized spacial score (nSPS) is 16.2. The molecule has 3 nitrogen and oxygen atoms in total. The molecule has 0 spiro atoms. The van der Waals surface area contributed by atoms with Crippen LogP contribution in [0.5, 0.6) is 0 Å². The van der Waals surface area contributed by atoms with Gasteiger partial charge in [-0.25, -0.2) is 4.79 Å². The van der Waals surface area contributed by atoms with Gasteiger partial charge in [-0.05, 0) is 39.1 Å². The van der Waals surface area contributed by atoms with Gasteiger partial charge in [0.2, 0.25) is 0 Å². The van der Waals surface area contributed by atoms with Crippen molar-refractivity contribution in [1.29, 1.82) is 0 Å². The number of hydrogen-bond donors (Lipinski definition) is 2. The molecule has 0 bridgehead atoms. The van der Waals surface area contributed by atoms with Gasteiger partial charge in [-0.3, -0.25) is 0 Å². The Morgan fingerprint density at radius 1 is 0.870 bits per heavy atom. The summed E-state index contributed by atoms with van der Waals surface area (Å²) in [5, 5.41) is 21.6. The largest absolute Gasteiger partial charge is 0.478 e. The zero-order chi connectivity index (χ0) is 16.0. The molecule has 0 aliphatic heterocycles. The highest BCUT2D eigenvalue weighted by Crippen LogP contribution is 2.40. The molecule has 3 aromatic rings. The number of aromatic carboxylic acids is 1. The molecule has 0 saturated heterocycles. The molecule has 0 heterocycles. The highest BCUT2D eigenvalue weighted by Gasteiger charge is 2.26. The summed E-state index contributed by atoms with van der Waals surface area (Å²) < 4.78 is 0. The second-order valence-electron chi connectivity index (χ2n) is 5.63. The number of carboxylic acids is 1. The molecule has 112 valence electrons. The minimum Gasteiger partial charge on any atom is -0.478 e. The molecule has 23 heavy (non-hydrogen) atoms. The molecule has 0 fully saturated rings. The third-order valence-corrected chi connectivity index (χ3v) is 4.33. The maximum absolute atomic E-state index is 11.9. The van der Waals surface area contributed by atoms with Crippen molar-refractivity contribution >= 4 is 22.3 Å². The van der Waals surface area contributed by atoms with Gasteiger partial charge in [-0.15, -0.1) is 0 Å². The van der Waals surface area contributed by atoms with Gasteiger partial charge in [0.15, 0.2) is 0 Å². The van der Waals surface area contributed by atoms with E-state index in [1.54, 1.807) is 6.08 Å². The topological polar surface area (TPSA) is 57.5 Å². The van der Waals surface area contributed by atoms with E-state index in [2.05, 4.69) is 0 Å². The Morgan fingerprint density at radius 3 is 2.43 bits per heavy atom. The standard InChI is InChI=1S/C20H14O3/c21-18-11-17(14-7-3-4-8-15(14)18)16-10-9-12-5-1-2-6-13(12)19(16)20(22)23/h1-11,18,21H,(H,22,23). The Morgan fingerprint density at radius 2 is 1.61 bits per heavy atom. The molecule has 0 radical (unpaired) electrons. The van der Waals surface area contributed by atoms with Gasteiger partial charge < -0.3 is 10.2 Å². The fourth-order valence-electron chi connectivity index (χ4n) is 3.30. The van der Waals surface area contributed by atoms with Crippen LogP contribution in [0.2, 0.25) is 0 Å². The molecular formula is C20H14O3. The summed E-state index contributed by atoms with van der Waals surface area (Å²) in [6.45, 7) is 0. The maximum atomic E-state index is 11.9. The van der Waals surface area contributed by atoms with Crippen LogP contribution in [-0.4, -0.2) is 16.2 Å². The SMILES string of the molecule is O=C(O)c1c(C2=CC(O)c3ccccc32)ccc2ccccc12. The molecule has 3 aromatic carbocycles. The van der Waals surface area contributed by atoms with Gasteiger partial charge in [0.05, 0.1) is 11.7 Å². The average molecular weight is 302 g/mol. The van der Waals surface area contributed by atoms with E-state index in [4.69, 9.17) is 0 Å². The molecule has 1 unspecified atom stereocenters. The first-order chi connectivity index (χ1) is 11.2. The smallest absolute Gasteiger partial charge is 0.336 e. The van der Waals surface area contributed by atoms with E-state index in [0.717, 1.165) is 22.1 Å². The summed E-state index contributed by atoms with van der Waals surface area (Å²) in [5.41, 5.74) is 3.39. The number of rotatable bonds is 2. The number of benzene rings is 3. The van der Waals surface area contributed by atoms with Crippen molar-refractivity contribution in [2.24, 2.45) is 0 Å². The Bertz CT molecular complexity index is 970. The minimum atomic E-state index is -0.962. The quantitative estimate of drug-likeness (QED) is 0.752. The second kappa shape index (κ2) is 5.07. The van der Waals surface area contributed by atoms with Gasteiger partial charge in [0.25, 0.3) is 0 Å². The molecule has 1 atom stereocenters. The van der Waals surface area contributed by atoms with E-state index < -0.39 is 12.1 Å². The number of hydrogen-bond acceptors (Lipinski definition) is 2. The zero-order valence-electron chi connectivity index (χ0n) is 12.2. The van der Waals surface area contributed by atoms with E-state index >= 15 is 0 Å². The number of carboxylic acid groups (broad SMARTS) is 1. The van der Waals surface area contributed by atoms with Gasteiger partial charge in [0, 0.05) is 0 Å². The molecule has 4 rings (SSSR count). The zero-order valence-corrected chi connectivity index (χ0v) is 12.2. The molecule has 0 amide bonds. The van der Waals surface area contributed by atoms with Crippen molar-refractivity contribution in [2.45, 2.75) is 6.10 Å². The van der Waals surface area contributed by atoms with Crippen molar-refractivity contribution in [1.82, 2.24) is 0 Å². The lowest BCUT2D eigenvalue weighted by Crippen LogP contribution is -2.03. The molecule has 3 heteroatoms. The van der Waals surface area contributed by atoms with Crippen molar-refractivity contribution in [3.05, 3.63) is 89.0 Å². The van der Waals surface area contributed by atoms with Crippen molar-refractivity contribution in [2.75, 3.05) is 0 Å². The average Bonchev–Trinajstić information content (AvgIpc) is 2.91. The molecule has 1 aliphatic rings. The number of aliphatic hydroxyl groups is 1. The van der Waals surface area contributed by atoms with Crippen LogP contribution < -0.4 is 0 Å². The van der Waals surface area contributed by atoms with E-state index in [0.29, 0.717) is 10.9 Å². The second-order valence-corrected chi connectivity index (χ2v) is 5.63. The predicted octanol–water partition coefficient (Wildman–Crippen LogP) is 4.02. The lowest BCUT2D eigenvalue weighted by molar-refractivity contribution is 0.0698. The lowest BCUT2D eigenvalue weighted by atomic mass is 9.91. The van der Waals surface area contributed by atoms with Gasteiger partial charge >= 0.3 is 5.97 Å². The van der Waals surface area contributed by atoms with Crippen molar-refractivity contribution < 1.29 is 15.0 Å². The first kappa shape index (κ1) is 13.7. The van der Waals surface area contributed by atoms with Gasteiger partial charge in [-0.1, -0.05) is 60.7 Å². The van der Waals surface area contributed by atoms with Crippen LogP contribution in [0.4, 0.5) is 0 Å². The lowest BCUT2D eigenvalue weighted by Gasteiger charge is -2.12. The molecule has 0 aromatic heterocycles.